The van der Waals surface area contributed by atoms with Gasteiger partial charge < -0.3 is 4.98 Å². The highest BCUT2D eigenvalue weighted by molar-refractivity contribution is 6.10. The Hall–Kier alpha value is -3.07. The fourth-order valence-corrected chi connectivity index (χ4v) is 1.41. The fourth-order valence-electron chi connectivity index (χ4n) is 1.41. The Labute approximate surface area is 110 Å². The predicted octanol–water partition coefficient (Wildman–Crippen LogP) is 2.40. The second-order valence-electron chi connectivity index (χ2n) is 3.61. The van der Waals surface area contributed by atoms with Crippen molar-refractivity contribution in [1.82, 2.24) is 9.97 Å². The first-order valence-corrected chi connectivity index (χ1v) is 5.15. The number of aromatic amines is 1. The maximum absolute atomic E-state index is 12.5. The lowest BCUT2D eigenvalue weighted by Gasteiger charge is -1.99. The summed E-state index contributed by atoms with van der Waals surface area (Å²) in [5.74, 6) is -1.09. The summed E-state index contributed by atoms with van der Waals surface area (Å²) in [6.07, 6.45) is -4.56. The van der Waals surface area contributed by atoms with Crippen LogP contribution in [0.15, 0.2) is 23.3 Å². The van der Waals surface area contributed by atoms with E-state index >= 15 is 0 Å². The largest absolute Gasteiger partial charge is 0.449 e. The highest BCUT2D eigenvalue weighted by Gasteiger charge is 2.34. The molecule has 0 aliphatic carbocycles. The van der Waals surface area contributed by atoms with Gasteiger partial charge in [0.1, 0.15) is 12.1 Å². The van der Waals surface area contributed by atoms with E-state index in [1.54, 1.807) is 12.1 Å². The molecule has 6 nitrogen and oxygen atoms in total. The normalized spacial score (nSPS) is 10.7. The molecule has 0 spiro atoms. The van der Waals surface area contributed by atoms with E-state index in [1.165, 1.54) is 18.2 Å². The number of nitrogens with zero attached hydrogens (tertiary/aromatic N) is 4. The quantitative estimate of drug-likeness (QED) is 0.650. The van der Waals surface area contributed by atoms with Gasteiger partial charge in [-0.3, -0.25) is 5.43 Å². The maximum atomic E-state index is 12.5. The van der Waals surface area contributed by atoms with Crippen molar-refractivity contribution in [2.24, 2.45) is 5.10 Å². The lowest BCUT2D eigenvalue weighted by Crippen LogP contribution is -2.06. The molecule has 0 aliphatic rings. The van der Waals surface area contributed by atoms with Crippen molar-refractivity contribution in [3.8, 4) is 12.1 Å². The van der Waals surface area contributed by atoms with Crippen LogP contribution >= 0.6 is 0 Å². The van der Waals surface area contributed by atoms with Gasteiger partial charge in [0.15, 0.2) is 0 Å². The zero-order chi connectivity index (χ0) is 14.8. The standard InChI is InChI=1S/C11H5F3N6/c12-11(13,14)10-17-8-2-1-6(3-9(8)18-10)19-20-7(4-15)5-16/h1-3,19H,(H,17,18). The molecule has 0 saturated heterocycles. The summed E-state index contributed by atoms with van der Waals surface area (Å²) in [6.45, 7) is 0. The summed E-state index contributed by atoms with van der Waals surface area (Å²) in [4.78, 5) is 5.54. The number of imidazole rings is 1. The van der Waals surface area contributed by atoms with Crippen LogP contribution in [0, 0.1) is 22.7 Å². The molecule has 0 saturated carbocycles. The molecule has 0 unspecified atom stereocenters. The van der Waals surface area contributed by atoms with Gasteiger partial charge in [-0.15, -0.1) is 0 Å². The molecule has 9 heteroatoms. The second kappa shape index (κ2) is 4.90. The number of rotatable bonds is 2. The number of fused-ring (bicyclic) bond motifs is 1. The van der Waals surface area contributed by atoms with Crippen molar-refractivity contribution >= 4 is 22.4 Å². The number of aromatic nitrogens is 2. The van der Waals surface area contributed by atoms with E-state index in [1.807, 2.05) is 0 Å². The number of alkyl halides is 3. The van der Waals surface area contributed by atoms with Gasteiger partial charge >= 0.3 is 6.18 Å². The molecule has 0 fully saturated rings. The minimum Gasteiger partial charge on any atom is -0.334 e. The third-order valence-electron chi connectivity index (χ3n) is 2.26. The van der Waals surface area contributed by atoms with E-state index in [0.29, 0.717) is 5.69 Å². The molecule has 0 aliphatic heterocycles. The van der Waals surface area contributed by atoms with Crippen LogP contribution in [0.3, 0.4) is 0 Å². The summed E-state index contributed by atoms with van der Waals surface area (Å²) in [7, 11) is 0. The van der Waals surface area contributed by atoms with Crippen LogP contribution in [0.5, 0.6) is 0 Å². The monoisotopic (exact) mass is 278 g/mol. The predicted molar refractivity (Wildman–Crippen MR) is 63.4 cm³/mol. The van der Waals surface area contributed by atoms with Gasteiger partial charge in [-0.25, -0.2) is 4.98 Å². The second-order valence-corrected chi connectivity index (χ2v) is 3.61. The molecule has 20 heavy (non-hydrogen) atoms. The Kier molecular flexibility index (Phi) is 3.27. The first-order valence-electron chi connectivity index (χ1n) is 5.15. The van der Waals surface area contributed by atoms with Crippen molar-refractivity contribution in [3.63, 3.8) is 0 Å². The molecule has 0 bridgehead atoms. The highest BCUT2D eigenvalue weighted by Crippen LogP contribution is 2.29. The summed E-state index contributed by atoms with van der Waals surface area (Å²) < 4.78 is 37.4. The van der Waals surface area contributed by atoms with Gasteiger partial charge in [0, 0.05) is 0 Å². The minimum atomic E-state index is -4.56. The molecule has 2 aromatic rings. The number of anilines is 1. The Morgan fingerprint density at radius 3 is 2.60 bits per heavy atom. The number of hydrazone groups is 1. The van der Waals surface area contributed by atoms with Crippen LogP contribution in [-0.2, 0) is 6.18 Å². The van der Waals surface area contributed by atoms with Gasteiger partial charge in [0.25, 0.3) is 0 Å². The van der Waals surface area contributed by atoms with Crippen molar-refractivity contribution in [3.05, 3.63) is 24.0 Å². The Morgan fingerprint density at radius 1 is 1.30 bits per heavy atom. The van der Waals surface area contributed by atoms with Gasteiger partial charge in [0.05, 0.1) is 16.7 Å². The van der Waals surface area contributed by atoms with Crippen molar-refractivity contribution in [1.29, 1.82) is 10.5 Å². The highest BCUT2D eigenvalue weighted by atomic mass is 19.4. The molecule has 0 atom stereocenters. The van der Waals surface area contributed by atoms with Crippen LogP contribution in [-0.4, -0.2) is 15.7 Å². The average Bonchev–Trinajstić information content (AvgIpc) is 2.83. The molecule has 2 N–H and O–H groups in total. The number of halogens is 3. The van der Waals surface area contributed by atoms with Crippen molar-refractivity contribution in [2.75, 3.05) is 5.43 Å². The van der Waals surface area contributed by atoms with E-state index in [-0.39, 0.29) is 11.0 Å². The molecule has 0 radical (unpaired) electrons. The number of hydrogen-bond donors (Lipinski definition) is 2. The maximum Gasteiger partial charge on any atom is 0.449 e. The molecule has 100 valence electrons. The number of nitrogens with one attached hydrogen (secondary N) is 2. The van der Waals surface area contributed by atoms with Gasteiger partial charge in [0.2, 0.25) is 11.5 Å². The third-order valence-corrected chi connectivity index (χ3v) is 2.26. The number of H-pyrrole nitrogens is 1. The lowest BCUT2D eigenvalue weighted by atomic mass is 10.3. The number of hydrogen-bond acceptors (Lipinski definition) is 5. The molecule has 1 heterocycles. The molecule has 2 rings (SSSR count). The summed E-state index contributed by atoms with van der Waals surface area (Å²) >= 11 is 0. The van der Waals surface area contributed by atoms with E-state index in [0.717, 1.165) is 0 Å². The van der Waals surface area contributed by atoms with Gasteiger partial charge in [-0.1, -0.05) is 0 Å². The zero-order valence-electron chi connectivity index (χ0n) is 9.65. The first kappa shape index (κ1) is 13.4. The van der Waals surface area contributed by atoms with E-state index in [4.69, 9.17) is 10.5 Å². The molecular formula is C11H5F3N6. The smallest absolute Gasteiger partial charge is 0.334 e. The van der Waals surface area contributed by atoms with E-state index < -0.39 is 17.7 Å². The van der Waals surface area contributed by atoms with Crippen LogP contribution in [0.25, 0.3) is 11.0 Å². The van der Waals surface area contributed by atoms with Gasteiger partial charge in [-0.05, 0) is 18.2 Å². The average molecular weight is 278 g/mol. The Balaban J connectivity index is 2.33. The van der Waals surface area contributed by atoms with Crippen LogP contribution in [0.4, 0.5) is 18.9 Å². The topological polar surface area (TPSA) is 101 Å². The molecule has 1 aromatic heterocycles. The minimum absolute atomic E-state index is 0.146. The van der Waals surface area contributed by atoms with Crippen LogP contribution in [0.2, 0.25) is 0 Å². The fraction of sp³-hybridized carbons (Fsp3) is 0.0909. The van der Waals surface area contributed by atoms with Crippen LogP contribution in [0.1, 0.15) is 5.82 Å². The number of benzene rings is 1. The van der Waals surface area contributed by atoms with E-state index in [2.05, 4.69) is 20.5 Å². The summed E-state index contributed by atoms with van der Waals surface area (Å²) in [5, 5.41) is 20.4. The first-order chi connectivity index (χ1) is 9.44. The molecule has 0 amide bonds. The number of nitriles is 2. The molecular weight excluding hydrogens is 273 g/mol. The van der Waals surface area contributed by atoms with Crippen molar-refractivity contribution < 1.29 is 13.2 Å². The SMILES string of the molecule is N#CC(C#N)=NNc1ccc2nc(C(F)(F)F)[nH]c2c1. The van der Waals surface area contributed by atoms with Crippen LogP contribution < -0.4 is 5.43 Å². The summed E-state index contributed by atoms with van der Waals surface area (Å²) in [5.41, 5.74) is 2.63. The van der Waals surface area contributed by atoms with Gasteiger partial charge in [-0.2, -0.15) is 28.8 Å². The lowest BCUT2D eigenvalue weighted by molar-refractivity contribution is -0.144. The summed E-state index contributed by atoms with van der Waals surface area (Å²) in [6, 6.07) is 7.21. The Bertz CT molecular complexity index is 743. The Morgan fingerprint density at radius 2 is 2.00 bits per heavy atom. The third kappa shape index (κ3) is 2.67. The zero-order valence-corrected chi connectivity index (χ0v) is 9.65. The van der Waals surface area contributed by atoms with Crippen molar-refractivity contribution in [2.45, 2.75) is 6.18 Å². The van der Waals surface area contributed by atoms with E-state index in [9.17, 15) is 13.2 Å². The molecule has 1 aromatic carbocycles.